The fourth-order valence-electron chi connectivity index (χ4n) is 1.63. The second-order valence-electron chi connectivity index (χ2n) is 4.44. The number of benzene rings is 1. The van der Waals surface area contributed by atoms with Gasteiger partial charge in [0.15, 0.2) is 0 Å². The molecule has 0 amide bonds. The molecule has 1 atom stereocenters. The van der Waals surface area contributed by atoms with Crippen molar-refractivity contribution in [3.8, 4) is 5.75 Å². The van der Waals surface area contributed by atoms with Crippen LogP contribution < -0.4 is 15.8 Å². The molecule has 1 aromatic heterocycles. The van der Waals surface area contributed by atoms with Gasteiger partial charge in [-0.2, -0.15) is 0 Å². The first-order valence-electron chi connectivity index (χ1n) is 6.43. The first-order valence-corrected chi connectivity index (χ1v) is 6.43. The lowest BCUT2D eigenvalue weighted by molar-refractivity contribution is 0.217. The van der Waals surface area contributed by atoms with Crippen LogP contribution >= 0.6 is 0 Å². The maximum absolute atomic E-state index is 5.78. The summed E-state index contributed by atoms with van der Waals surface area (Å²) in [4.78, 5) is 4.20. The van der Waals surface area contributed by atoms with E-state index < -0.39 is 0 Å². The highest BCUT2D eigenvalue weighted by Crippen LogP contribution is 2.22. The lowest BCUT2D eigenvalue weighted by Crippen LogP contribution is -2.09. The Morgan fingerprint density at radius 3 is 2.79 bits per heavy atom. The number of nitrogens with two attached hydrogens (primary N) is 1. The number of hydrogen-bond acceptors (Lipinski definition) is 4. The Morgan fingerprint density at radius 2 is 2.05 bits per heavy atom. The lowest BCUT2D eigenvalue weighted by Gasteiger charge is -2.14. The Labute approximate surface area is 113 Å². The van der Waals surface area contributed by atoms with Crippen LogP contribution in [0.3, 0.4) is 0 Å². The van der Waals surface area contributed by atoms with Gasteiger partial charge in [-0.15, -0.1) is 0 Å². The number of hydrogen-bond donors (Lipinski definition) is 2. The van der Waals surface area contributed by atoms with E-state index in [1.165, 1.54) is 0 Å². The predicted molar refractivity (Wildman–Crippen MR) is 78.8 cm³/mol. The van der Waals surface area contributed by atoms with E-state index in [0.717, 1.165) is 23.7 Å². The van der Waals surface area contributed by atoms with Crippen molar-refractivity contribution in [1.29, 1.82) is 0 Å². The summed E-state index contributed by atoms with van der Waals surface area (Å²) in [5.74, 6) is 2.07. The number of nitrogens with zero attached hydrogens (tertiary/aromatic N) is 1. The average Bonchev–Trinajstić information content (AvgIpc) is 2.39. The molecule has 0 aliphatic rings. The van der Waals surface area contributed by atoms with Crippen LogP contribution in [0.2, 0.25) is 0 Å². The second-order valence-corrected chi connectivity index (χ2v) is 4.44. The van der Waals surface area contributed by atoms with Crippen LogP contribution in [0, 0.1) is 0 Å². The van der Waals surface area contributed by atoms with Crippen molar-refractivity contribution in [3.05, 3.63) is 42.5 Å². The van der Waals surface area contributed by atoms with Crippen LogP contribution in [0.1, 0.15) is 20.3 Å². The zero-order valence-corrected chi connectivity index (χ0v) is 11.3. The van der Waals surface area contributed by atoms with E-state index in [4.69, 9.17) is 10.5 Å². The van der Waals surface area contributed by atoms with Crippen LogP contribution in [-0.2, 0) is 0 Å². The molecule has 100 valence electrons. The molecule has 4 nitrogen and oxygen atoms in total. The van der Waals surface area contributed by atoms with Gasteiger partial charge in [0.2, 0.25) is 0 Å². The molecular formula is C15H19N3O. The van der Waals surface area contributed by atoms with Crippen molar-refractivity contribution in [2.75, 3.05) is 11.1 Å². The van der Waals surface area contributed by atoms with Crippen LogP contribution in [0.4, 0.5) is 17.3 Å². The van der Waals surface area contributed by atoms with Crippen LogP contribution in [0.25, 0.3) is 0 Å². The number of anilines is 3. The summed E-state index contributed by atoms with van der Waals surface area (Å²) in [7, 11) is 0. The highest BCUT2D eigenvalue weighted by molar-refractivity contribution is 5.59. The summed E-state index contributed by atoms with van der Waals surface area (Å²) >= 11 is 0. The fourth-order valence-corrected chi connectivity index (χ4v) is 1.63. The van der Waals surface area contributed by atoms with Crippen molar-refractivity contribution in [2.24, 2.45) is 0 Å². The van der Waals surface area contributed by atoms with E-state index in [9.17, 15) is 0 Å². The third-order valence-corrected chi connectivity index (χ3v) is 2.79. The molecule has 3 N–H and O–H groups in total. The van der Waals surface area contributed by atoms with Crippen LogP contribution in [0.15, 0.2) is 42.5 Å². The molecule has 19 heavy (non-hydrogen) atoms. The molecule has 2 rings (SSSR count). The van der Waals surface area contributed by atoms with Crippen molar-refractivity contribution in [1.82, 2.24) is 4.98 Å². The molecule has 0 spiro atoms. The Morgan fingerprint density at radius 1 is 1.26 bits per heavy atom. The summed E-state index contributed by atoms with van der Waals surface area (Å²) in [6, 6.07) is 13.3. The van der Waals surface area contributed by atoms with Gasteiger partial charge in [-0.05, 0) is 37.6 Å². The minimum atomic E-state index is 0.209. The number of rotatable bonds is 5. The number of pyridine rings is 1. The van der Waals surface area contributed by atoms with Gasteiger partial charge in [-0.3, -0.25) is 0 Å². The number of aromatic nitrogens is 1. The summed E-state index contributed by atoms with van der Waals surface area (Å²) in [5.41, 5.74) is 6.58. The highest BCUT2D eigenvalue weighted by Gasteiger charge is 2.02. The van der Waals surface area contributed by atoms with Gasteiger partial charge in [0.05, 0.1) is 6.10 Å². The quantitative estimate of drug-likeness (QED) is 0.859. The molecule has 0 radical (unpaired) electrons. The van der Waals surface area contributed by atoms with Crippen LogP contribution in [-0.4, -0.2) is 11.1 Å². The largest absolute Gasteiger partial charge is 0.491 e. The smallest absolute Gasteiger partial charge is 0.132 e. The maximum atomic E-state index is 5.78. The third-order valence-electron chi connectivity index (χ3n) is 2.79. The minimum Gasteiger partial charge on any atom is -0.491 e. The van der Waals surface area contributed by atoms with Crippen LogP contribution in [0.5, 0.6) is 5.75 Å². The van der Waals surface area contributed by atoms with Gasteiger partial charge < -0.3 is 15.8 Å². The standard InChI is InChI=1S/C15H19N3O/c1-3-11(2)19-13-7-4-6-12(10-13)17-15-9-5-8-14(16)18-15/h4-11H,3H2,1-2H3,(H3,16,17,18). The second kappa shape index (κ2) is 6.09. The fraction of sp³-hybridized carbons (Fsp3) is 0.267. The van der Waals surface area contributed by atoms with E-state index in [0.29, 0.717) is 5.82 Å². The summed E-state index contributed by atoms with van der Waals surface area (Å²) in [5, 5.41) is 3.21. The summed E-state index contributed by atoms with van der Waals surface area (Å²) in [6.07, 6.45) is 1.19. The Balaban J connectivity index is 2.10. The lowest BCUT2D eigenvalue weighted by atomic mass is 10.2. The van der Waals surface area contributed by atoms with Crippen molar-refractivity contribution in [2.45, 2.75) is 26.4 Å². The average molecular weight is 257 g/mol. The Hall–Kier alpha value is -2.23. The molecule has 1 aromatic carbocycles. The van der Waals surface area contributed by atoms with E-state index in [1.807, 2.05) is 36.4 Å². The van der Waals surface area contributed by atoms with Gasteiger partial charge in [-0.1, -0.05) is 19.1 Å². The highest BCUT2D eigenvalue weighted by atomic mass is 16.5. The molecule has 0 bridgehead atoms. The first kappa shape index (κ1) is 13.2. The maximum Gasteiger partial charge on any atom is 0.132 e. The van der Waals surface area contributed by atoms with E-state index in [-0.39, 0.29) is 6.10 Å². The summed E-state index contributed by atoms with van der Waals surface area (Å²) < 4.78 is 5.78. The summed E-state index contributed by atoms with van der Waals surface area (Å²) in [6.45, 7) is 4.16. The Bertz CT molecular complexity index is 542. The molecule has 4 heteroatoms. The zero-order valence-electron chi connectivity index (χ0n) is 11.3. The van der Waals surface area contributed by atoms with E-state index >= 15 is 0 Å². The number of ether oxygens (including phenoxy) is 1. The topological polar surface area (TPSA) is 60.2 Å². The third kappa shape index (κ3) is 3.88. The molecule has 0 aliphatic heterocycles. The monoisotopic (exact) mass is 257 g/mol. The van der Waals surface area contributed by atoms with Gasteiger partial charge in [-0.25, -0.2) is 4.98 Å². The molecule has 1 unspecified atom stereocenters. The van der Waals surface area contributed by atoms with Crippen molar-refractivity contribution < 1.29 is 4.74 Å². The molecule has 0 saturated carbocycles. The molecule has 2 aromatic rings. The van der Waals surface area contributed by atoms with Gasteiger partial charge in [0.1, 0.15) is 17.4 Å². The number of nitrogen functional groups attached to an aromatic ring is 1. The molecule has 0 fully saturated rings. The number of nitrogens with one attached hydrogen (secondary N) is 1. The van der Waals surface area contributed by atoms with E-state index in [2.05, 4.69) is 24.1 Å². The molecule has 0 aliphatic carbocycles. The molecule has 1 heterocycles. The molecule has 0 saturated heterocycles. The molecular weight excluding hydrogens is 238 g/mol. The minimum absolute atomic E-state index is 0.209. The zero-order chi connectivity index (χ0) is 13.7. The Kier molecular flexibility index (Phi) is 4.23. The van der Waals surface area contributed by atoms with Gasteiger partial charge in [0, 0.05) is 11.8 Å². The normalized spacial score (nSPS) is 11.9. The van der Waals surface area contributed by atoms with Gasteiger partial charge >= 0.3 is 0 Å². The van der Waals surface area contributed by atoms with Gasteiger partial charge in [0.25, 0.3) is 0 Å². The van der Waals surface area contributed by atoms with Crippen molar-refractivity contribution >= 4 is 17.3 Å². The SMILES string of the molecule is CCC(C)Oc1cccc(Nc2cccc(N)n2)c1. The van der Waals surface area contributed by atoms with Crippen molar-refractivity contribution in [3.63, 3.8) is 0 Å². The predicted octanol–water partition coefficient (Wildman–Crippen LogP) is 3.58. The first-order chi connectivity index (χ1) is 9.17. The van der Waals surface area contributed by atoms with E-state index in [1.54, 1.807) is 6.07 Å².